The molecule has 0 aromatic heterocycles. The largest absolute Gasteiger partial charge is 0.481 e. The molecule has 1 atom stereocenters. The Balaban J connectivity index is 2.54. The molecule has 0 spiro atoms. The second kappa shape index (κ2) is 7.22. The maximum Gasteiger partial charge on any atom is 0.306 e. The summed E-state index contributed by atoms with van der Waals surface area (Å²) in [4.78, 5) is 23.0. The number of benzene rings is 1. The molecule has 0 bridgehead atoms. The van der Waals surface area contributed by atoms with Crippen molar-refractivity contribution in [1.29, 1.82) is 0 Å². The monoisotopic (exact) mass is 276 g/mol. The SMILES string of the molecule is Cc1cc(C)c(C(=O)CCCCC(C)C(=O)O)c(C)c1. The van der Waals surface area contributed by atoms with Crippen LogP contribution in [0.3, 0.4) is 0 Å². The average Bonchev–Trinajstić information content (AvgIpc) is 2.32. The molecule has 20 heavy (non-hydrogen) atoms. The van der Waals surface area contributed by atoms with Gasteiger partial charge in [0.05, 0.1) is 5.92 Å². The van der Waals surface area contributed by atoms with E-state index in [-0.39, 0.29) is 11.7 Å². The molecule has 3 heteroatoms. The van der Waals surface area contributed by atoms with E-state index in [0.29, 0.717) is 12.8 Å². The van der Waals surface area contributed by atoms with Crippen molar-refractivity contribution in [3.05, 3.63) is 34.4 Å². The van der Waals surface area contributed by atoms with Crippen LogP contribution in [-0.4, -0.2) is 16.9 Å². The number of ketones is 1. The molecule has 0 aliphatic heterocycles. The normalized spacial score (nSPS) is 12.2. The van der Waals surface area contributed by atoms with Crippen LogP contribution in [0.15, 0.2) is 12.1 Å². The Kier molecular flexibility index (Phi) is 5.93. The van der Waals surface area contributed by atoms with Gasteiger partial charge in [-0.3, -0.25) is 9.59 Å². The van der Waals surface area contributed by atoms with E-state index in [1.165, 1.54) is 5.56 Å². The van der Waals surface area contributed by atoms with Gasteiger partial charge in [0.2, 0.25) is 0 Å². The van der Waals surface area contributed by atoms with Crippen molar-refractivity contribution in [2.24, 2.45) is 5.92 Å². The third-order valence-electron chi connectivity index (χ3n) is 3.67. The van der Waals surface area contributed by atoms with Gasteiger partial charge in [-0.2, -0.15) is 0 Å². The number of carbonyl (C=O) groups is 2. The zero-order valence-corrected chi connectivity index (χ0v) is 12.8. The van der Waals surface area contributed by atoms with Crippen LogP contribution >= 0.6 is 0 Å². The molecule has 0 saturated heterocycles. The minimum absolute atomic E-state index is 0.169. The van der Waals surface area contributed by atoms with Crippen LogP contribution in [0.25, 0.3) is 0 Å². The van der Waals surface area contributed by atoms with Gasteiger partial charge in [0.1, 0.15) is 0 Å². The van der Waals surface area contributed by atoms with Gasteiger partial charge < -0.3 is 5.11 Å². The summed E-state index contributed by atoms with van der Waals surface area (Å²) < 4.78 is 0. The highest BCUT2D eigenvalue weighted by molar-refractivity contribution is 5.98. The average molecular weight is 276 g/mol. The van der Waals surface area contributed by atoms with E-state index in [4.69, 9.17) is 5.11 Å². The first-order valence-electron chi connectivity index (χ1n) is 7.16. The van der Waals surface area contributed by atoms with Crippen LogP contribution in [0.5, 0.6) is 0 Å². The van der Waals surface area contributed by atoms with Crippen LogP contribution in [0, 0.1) is 26.7 Å². The van der Waals surface area contributed by atoms with Gasteiger partial charge in [-0.05, 0) is 44.7 Å². The Labute approximate surface area is 121 Å². The smallest absolute Gasteiger partial charge is 0.306 e. The lowest BCUT2D eigenvalue weighted by molar-refractivity contribution is -0.141. The van der Waals surface area contributed by atoms with E-state index in [1.807, 2.05) is 32.9 Å². The van der Waals surface area contributed by atoms with Crippen LogP contribution in [0.2, 0.25) is 0 Å². The highest BCUT2D eigenvalue weighted by atomic mass is 16.4. The van der Waals surface area contributed by atoms with Gasteiger partial charge in [-0.15, -0.1) is 0 Å². The fraction of sp³-hybridized carbons (Fsp3) is 0.529. The first-order valence-corrected chi connectivity index (χ1v) is 7.16. The summed E-state index contributed by atoms with van der Waals surface area (Å²) in [5, 5.41) is 8.80. The van der Waals surface area contributed by atoms with Crippen molar-refractivity contribution < 1.29 is 14.7 Å². The number of rotatable bonds is 7. The number of unbranched alkanes of at least 4 members (excludes halogenated alkanes) is 1. The van der Waals surface area contributed by atoms with Crippen molar-refractivity contribution in [1.82, 2.24) is 0 Å². The minimum atomic E-state index is -0.762. The molecule has 1 N–H and O–H groups in total. The van der Waals surface area contributed by atoms with Gasteiger partial charge in [0, 0.05) is 12.0 Å². The summed E-state index contributed by atoms with van der Waals surface area (Å²) >= 11 is 0. The molecule has 0 fully saturated rings. The van der Waals surface area contributed by atoms with Gasteiger partial charge in [0.15, 0.2) is 5.78 Å². The predicted octanol–water partition coefficient (Wildman–Crippen LogP) is 4.08. The minimum Gasteiger partial charge on any atom is -0.481 e. The molecule has 0 heterocycles. The lowest BCUT2D eigenvalue weighted by Crippen LogP contribution is -2.09. The molecule has 1 unspecified atom stereocenters. The Morgan fingerprint density at radius 1 is 1.10 bits per heavy atom. The van der Waals surface area contributed by atoms with Gasteiger partial charge >= 0.3 is 5.97 Å². The van der Waals surface area contributed by atoms with Crippen molar-refractivity contribution in [2.75, 3.05) is 0 Å². The summed E-state index contributed by atoms with van der Waals surface area (Å²) in [6.07, 6.45) is 2.66. The second-order valence-corrected chi connectivity index (χ2v) is 5.68. The topological polar surface area (TPSA) is 54.4 Å². The Morgan fingerprint density at radius 2 is 1.65 bits per heavy atom. The lowest BCUT2D eigenvalue weighted by Gasteiger charge is -2.10. The summed E-state index contributed by atoms with van der Waals surface area (Å²) in [5.74, 6) is -0.919. The van der Waals surface area contributed by atoms with E-state index >= 15 is 0 Å². The molecule has 3 nitrogen and oxygen atoms in total. The molecule has 110 valence electrons. The molecule has 1 rings (SSSR count). The van der Waals surface area contributed by atoms with Crippen molar-refractivity contribution in [3.63, 3.8) is 0 Å². The Hall–Kier alpha value is -1.64. The zero-order chi connectivity index (χ0) is 15.3. The van der Waals surface area contributed by atoms with Gasteiger partial charge in [-0.25, -0.2) is 0 Å². The number of carboxylic acids is 1. The highest BCUT2D eigenvalue weighted by Gasteiger charge is 2.14. The number of aryl methyl sites for hydroxylation is 3. The maximum atomic E-state index is 12.3. The van der Waals surface area contributed by atoms with Crippen LogP contribution in [-0.2, 0) is 4.79 Å². The molecule has 1 aromatic rings. The van der Waals surface area contributed by atoms with Crippen LogP contribution in [0.1, 0.15) is 59.7 Å². The van der Waals surface area contributed by atoms with Crippen LogP contribution < -0.4 is 0 Å². The standard InChI is InChI=1S/C17H24O3/c1-11-9-13(3)16(14(4)10-11)15(18)8-6-5-7-12(2)17(19)20/h9-10,12H,5-8H2,1-4H3,(H,19,20). The lowest BCUT2D eigenvalue weighted by atomic mass is 9.93. The van der Waals surface area contributed by atoms with E-state index < -0.39 is 5.97 Å². The molecule has 0 aliphatic rings. The molecule has 1 aromatic carbocycles. The van der Waals surface area contributed by atoms with Gasteiger partial charge in [0.25, 0.3) is 0 Å². The summed E-state index contributed by atoms with van der Waals surface area (Å²) in [6.45, 7) is 7.68. The molecule has 0 saturated carbocycles. The van der Waals surface area contributed by atoms with E-state index in [1.54, 1.807) is 6.92 Å². The number of carboxylic acid groups (broad SMARTS) is 1. The fourth-order valence-electron chi connectivity index (χ4n) is 2.60. The Morgan fingerprint density at radius 3 is 2.15 bits per heavy atom. The summed E-state index contributed by atoms with van der Waals surface area (Å²) in [7, 11) is 0. The van der Waals surface area contributed by atoms with E-state index in [9.17, 15) is 9.59 Å². The quantitative estimate of drug-likeness (QED) is 0.603. The summed E-state index contributed by atoms with van der Waals surface area (Å²) in [6, 6.07) is 4.07. The third-order valence-corrected chi connectivity index (χ3v) is 3.67. The number of aliphatic carboxylic acids is 1. The van der Waals surface area contributed by atoms with E-state index in [2.05, 4.69) is 0 Å². The third kappa shape index (κ3) is 4.48. The number of hydrogen-bond donors (Lipinski definition) is 1. The number of hydrogen-bond acceptors (Lipinski definition) is 2. The maximum absolute atomic E-state index is 12.3. The molecule has 0 aliphatic carbocycles. The van der Waals surface area contributed by atoms with Gasteiger partial charge in [-0.1, -0.05) is 31.0 Å². The van der Waals surface area contributed by atoms with Crippen LogP contribution in [0.4, 0.5) is 0 Å². The predicted molar refractivity (Wildman–Crippen MR) is 80.3 cm³/mol. The fourth-order valence-corrected chi connectivity index (χ4v) is 2.60. The zero-order valence-electron chi connectivity index (χ0n) is 12.8. The van der Waals surface area contributed by atoms with Crippen molar-refractivity contribution >= 4 is 11.8 Å². The molecule has 0 amide bonds. The number of Topliss-reactive ketones (excluding diaryl/α,β-unsaturated/α-hetero) is 1. The second-order valence-electron chi connectivity index (χ2n) is 5.68. The number of carbonyl (C=O) groups excluding carboxylic acids is 1. The van der Waals surface area contributed by atoms with Crippen molar-refractivity contribution in [3.8, 4) is 0 Å². The first kappa shape index (κ1) is 16.4. The van der Waals surface area contributed by atoms with E-state index in [0.717, 1.165) is 29.5 Å². The Bertz CT molecular complexity index is 480. The molecular weight excluding hydrogens is 252 g/mol. The molecule has 0 radical (unpaired) electrons. The summed E-state index contributed by atoms with van der Waals surface area (Å²) in [5.41, 5.74) is 4.08. The van der Waals surface area contributed by atoms with Crippen molar-refractivity contribution in [2.45, 2.75) is 53.4 Å². The highest BCUT2D eigenvalue weighted by Crippen LogP contribution is 2.20. The first-order chi connectivity index (χ1) is 9.32. The molecular formula is C17H24O3.